The molecule has 18 heavy (non-hydrogen) atoms. The highest BCUT2D eigenvalue weighted by Crippen LogP contribution is 2.34. The SMILES string of the molecule is CCOC(CC)(CC)C(N)c1ccc(C)c(C)c1. The maximum Gasteiger partial charge on any atom is 0.0868 e. The smallest absolute Gasteiger partial charge is 0.0868 e. The standard InChI is InChI=1S/C16H27NO/c1-6-16(7-2,18-8-3)15(17)14-10-9-12(4)13(5)11-14/h9-11,15H,6-8,17H2,1-5H3. The molecule has 0 bridgehead atoms. The van der Waals surface area contributed by atoms with E-state index in [-0.39, 0.29) is 11.6 Å². The fourth-order valence-corrected chi connectivity index (χ4v) is 2.53. The van der Waals surface area contributed by atoms with Gasteiger partial charge < -0.3 is 10.5 Å². The van der Waals surface area contributed by atoms with Crippen LogP contribution in [0, 0.1) is 13.8 Å². The summed E-state index contributed by atoms with van der Waals surface area (Å²) in [6.07, 6.45) is 1.87. The molecule has 0 saturated heterocycles. The molecule has 0 aromatic heterocycles. The third-order valence-corrected chi connectivity index (χ3v) is 4.09. The van der Waals surface area contributed by atoms with Crippen LogP contribution in [0.5, 0.6) is 0 Å². The summed E-state index contributed by atoms with van der Waals surface area (Å²) in [4.78, 5) is 0. The first-order chi connectivity index (χ1) is 8.50. The second-order valence-electron chi connectivity index (χ2n) is 5.03. The Bertz CT molecular complexity index is 383. The lowest BCUT2D eigenvalue weighted by atomic mass is 9.83. The van der Waals surface area contributed by atoms with Crippen LogP contribution in [0.1, 0.15) is 56.3 Å². The van der Waals surface area contributed by atoms with Crippen LogP contribution in [0.4, 0.5) is 0 Å². The Balaban J connectivity index is 3.08. The summed E-state index contributed by atoms with van der Waals surface area (Å²) in [5.41, 5.74) is 10.0. The minimum atomic E-state index is -0.240. The summed E-state index contributed by atoms with van der Waals surface area (Å²) in [6.45, 7) is 11.3. The van der Waals surface area contributed by atoms with Crippen LogP contribution in [-0.2, 0) is 4.74 Å². The van der Waals surface area contributed by atoms with Crippen LogP contribution in [0.2, 0.25) is 0 Å². The topological polar surface area (TPSA) is 35.2 Å². The van der Waals surface area contributed by atoms with Gasteiger partial charge in [0.15, 0.2) is 0 Å². The van der Waals surface area contributed by atoms with E-state index in [1.54, 1.807) is 0 Å². The van der Waals surface area contributed by atoms with Gasteiger partial charge in [0.1, 0.15) is 0 Å². The molecule has 0 fully saturated rings. The molecule has 0 aliphatic rings. The molecular formula is C16H27NO. The first-order valence-electron chi connectivity index (χ1n) is 6.97. The molecule has 0 saturated carbocycles. The van der Waals surface area contributed by atoms with E-state index < -0.39 is 0 Å². The van der Waals surface area contributed by atoms with E-state index in [2.05, 4.69) is 45.9 Å². The molecule has 0 aliphatic carbocycles. The van der Waals surface area contributed by atoms with Crippen molar-refractivity contribution in [2.24, 2.45) is 5.73 Å². The lowest BCUT2D eigenvalue weighted by Gasteiger charge is -2.37. The Morgan fingerprint density at radius 3 is 2.17 bits per heavy atom. The summed E-state index contributed by atoms with van der Waals surface area (Å²) >= 11 is 0. The predicted octanol–water partition coefficient (Wildman–Crippen LogP) is 3.90. The van der Waals surface area contributed by atoms with Crippen LogP contribution in [-0.4, -0.2) is 12.2 Å². The summed E-state index contributed by atoms with van der Waals surface area (Å²) in [5, 5.41) is 0. The Kier molecular flexibility index (Phi) is 5.36. The minimum absolute atomic E-state index is 0.0632. The van der Waals surface area contributed by atoms with Crippen molar-refractivity contribution in [1.29, 1.82) is 0 Å². The zero-order valence-corrected chi connectivity index (χ0v) is 12.4. The molecule has 0 aliphatic heterocycles. The molecule has 1 unspecified atom stereocenters. The molecule has 0 amide bonds. The van der Waals surface area contributed by atoms with Crippen molar-refractivity contribution in [3.8, 4) is 0 Å². The lowest BCUT2D eigenvalue weighted by molar-refractivity contribution is -0.0645. The first-order valence-corrected chi connectivity index (χ1v) is 6.97. The number of benzene rings is 1. The van der Waals surface area contributed by atoms with Crippen LogP contribution < -0.4 is 5.73 Å². The maximum absolute atomic E-state index is 6.48. The minimum Gasteiger partial charge on any atom is -0.373 e. The number of hydrogen-bond donors (Lipinski definition) is 1. The van der Waals surface area contributed by atoms with E-state index in [0.717, 1.165) is 12.8 Å². The molecule has 0 spiro atoms. The summed E-state index contributed by atoms with van der Waals surface area (Å²) < 4.78 is 5.99. The average Bonchev–Trinajstić information content (AvgIpc) is 2.38. The molecule has 0 radical (unpaired) electrons. The van der Waals surface area contributed by atoms with Gasteiger partial charge in [0.2, 0.25) is 0 Å². The Morgan fingerprint density at radius 2 is 1.72 bits per heavy atom. The fraction of sp³-hybridized carbons (Fsp3) is 0.625. The highest BCUT2D eigenvalue weighted by molar-refractivity contribution is 5.32. The molecule has 2 N–H and O–H groups in total. The van der Waals surface area contributed by atoms with Gasteiger partial charge in [-0.2, -0.15) is 0 Å². The van der Waals surface area contributed by atoms with E-state index in [9.17, 15) is 0 Å². The second-order valence-corrected chi connectivity index (χ2v) is 5.03. The van der Waals surface area contributed by atoms with Crippen LogP contribution in [0.3, 0.4) is 0 Å². The largest absolute Gasteiger partial charge is 0.373 e. The maximum atomic E-state index is 6.48. The van der Waals surface area contributed by atoms with Crippen molar-refractivity contribution in [3.63, 3.8) is 0 Å². The molecule has 102 valence electrons. The van der Waals surface area contributed by atoms with E-state index in [1.165, 1.54) is 16.7 Å². The van der Waals surface area contributed by atoms with E-state index in [1.807, 2.05) is 6.92 Å². The van der Waals surface area contributed by atoms with Crippen molar-refractivity contribution in [3.05, 3.63) is 34.9 Å². The van der Waals surface area contributed by atoms with E-state index >= 15 is 0 Å². The zero-order valence-electron chi connectivity index (χ0n) is 12.4. The van der Waals surface area contributed by atoms with Gasteiger partial charge in [-0.1, -0.05) is 32.0 Å². The Morgan fingerprint density at radius 1 is 1.11 bits per heavy atom. The zero-order chi connectivity index (χ0) is 13.8. The van der Waals surface area contributed by atoms with Gasteiger partial charge in [-0.05, 0) is 50.3 Å². The summed E-state index contributed by atoms with van der Waals surface area (Å²) in [6, 6.07) is 6.41. The number of hydrogen-bond acceptors (Lipinski definition) is 2. The first kappa shape index (κ1) is 15.2. The van der Waals surface area contributed by atoms with Crippen molar-refractivity contribution in [2.75, 3.05) is 6.61 Å². The van der Waals surface area contributed by atoms with Crippen LogP contribution in [0.15, 0.2) is 18.2 Å². The average molecular weight is 249 g/mol. The normalized spacial score (nSPS) is 13.7. The summed E-state index contributed by atoms with van der Waals surface area (Å²) in [7, 11) is 0. The van der Waals surface area contributed by atoms with Gasteiger partial charge in [0, 0.05) is 6.61 Å². The van der Waals surface area contributed by atoms with Gasteiger partial charge in [0.25, 0.3) is 0 Å². The monoisotopic (exact) mass is 249 g/mol. The van der Waals surface area contributed by atoms with Crippen LogP contribution in [0.25, 0.3) is 0 Å². The fourth-order valence-electron chi connectivity index (χ4n) is 2.53. The number of rotatable bonds is 6. The van der Waals surface area contributed by atoms with Gasteiger partial charge in [-0.25, -0.2) is 0 Å². The second kappa shape index (κ2) is 6.35. The Labute approximate surface area is 112 Å². The lowest BCUT2D eigenvalue weighted by Crippen LogP contribution is -2.43. The molecule has 1 aromatic rings. The number of aryl methyl sites for hydroxylation is 2. The quantitative estimate of drug-likeness (QED) is 0.830. The highest BCUT2D eigenvalue weighted by atomic mass is 16.5. The predicted molar refractivity (Wildman–Crippen MR) is 77.8 cm³/mol. The summed E-state index contributed by atoms with van der Waals surface area (Å²) in [5.74, 6) is 0. The van der Waals surface area contributed by atoms with Gasteiger partial charge in [0.05, 0.1) is 11.6 Å². The van der Waals surface area contributed by atoms with Crippen LogP contribution >= 0.6 is 0 Å². The third-order valence-electron chi connectivity index (χ3n) is 4.09. The van der Waals surface area contributed by atoms with Gasteiger partial charge >= 0.3 is 0 Å². The van der Waals surface area contributed by atoms with Crippen molar-refractivity contribution in [2.45, 2.75) is 59.1 Å². The Hall–Kier alpha value is -0.860. The van der Waals surface area contributed by atoms with Crippen molar-refractivity contribution < 1.29 is 4.74 Å². The molecule has 1 rings (SSSR count). The molecule has 0 heterocycles. The highest BCUT2D eigenvalue weighted by Gasteiger charge is 2.35. The molecule has 1 atom stereocenters. The molecule has 1 aromatic carbocycles. The number of nitrogens with two attached hydrogens (primary N) is 1. The third kappa shape index (κ3) is 2.93. The molecule has 2 heteroatoms. The number of ether oxygens (including phenoxy) is 1. The van der Waals surface area contributed by atoms with Crippen molar-refractivity contribution >= 4 is 0 Å². The molecular weight excluding hydrogens is 222 g/mol. The molecule has 2 nitrogen and oxygen atoms in total. The van der Waals surface area contributed by atoms with E-state index in [0.29, 0.717) is 6.61 Å². The van der Waals surface area contributed by atoms with Crippen molar-refractivity contribution in [1.82, 2.24) is 0 Å². The van der Waals surface area contributed by atoms with Gasteiger partial charge in [-0.15, -0.1) is 0 Å². The van der Waals surface area contributed by atoms with E-state index in [4.69, 9.17) is 10.5 Å². The van der Waals surface area contributed by atoms with Gasteiger partial charge in [-0.3, -0.25) is 0 Å².